The number of esters is 2. The van der Waals surface area contributed by atoms with Gasteiger partial charge in [0.05, 0.1) is 0 Å². The van der Waals surface area contributed by atoms with Gasteiger partial charge >= 0.3 is 11.9 Å². The zero-order valence-corrected chi connectivity index (χ0v) is 20.2. The van der Waals surface area contributed by atoms with E-state index >= 15 is 0 Å². The Morgan fingerprint density at radius 1 is 0.818 bits per heavy atom. The quantitative estimate of drug-likeness (QED) is 0.268. The van der Waals surface area contributed by atoms with Crippen molar-refractivity contribution < 1.29 is 23.6 Å². The van der Waals surface area contributed by atoms with E-state index in [4.69, 9.17) is 9.47 Å². The molecule has 0 atom stereocenters. The van der Waals surface area contributed by atoms with E-state index in [0.717, 1.165) is 46.7 Å². The van der Waals surface area contributed by atoms with Crippen LogP contribution in [0.1, 0.15) is 36.1 Å². The first-order chi connectivity index (χ1) is 15.5. The number of carbonyl (C=O) groups excluding carboxylic acids is 2. The summed E-state index contributed by atoms with van der Waals surface area (Å²) in [5.74, 6) is 0.182. The minimum atomic E-state index is -0.427. The lowest BCUT2D eigenvalue weighted by Gasteiger charge is -2.15. The molecule has 1 heterocycles. The van der Waals surface area contributed by atoms with E-state index in [0.29, 0.717) is 22.6 Å². The number of nitrogens with zero attached hydrogens (tertiary/aromatic N) is 2. The van der Waals surface area contributed by atoms with Gasteiger partial charge in [-0.2, -0.15) is 0 Å². The largest absolute Gasteiger partial charge is 0.423 e. The molecule has 6 heteroatoms. The summed E-state index contributed by atoms with van der Waals surface area (Å²) in [7, 11) is 0. The van der Waals surface area contributed by atoms with Crippen LogP contribution in [0.5, 0.6) is 11.5 Å². The summed E-state index contributed by atoms with van der Waals surface area (Å²) in [6, 6.07) is 7.50. The first kappa shape index (κ1) is 24.0. The lowest BCUT2D eigenvalue weighted by atomic mass is 10.1. The minimum absolute atomic E-state index is 0.365. The molecule has 1 aliphatic heterocycles. The van der Waals surface area contributed by atoms with Crippen molar-refractivity contribution in [3.05, 3.63) is 70.8 Å². The molecule has 3 rings (SSSR count). The molecule has 1 aliphatic rings. The highest BCUT2D eigenvalue weighted by Crippen LogP contribution is 2.33. The maximum atomic E-state index is 11.9. The Hall–Kier alpha value is -3.67. The Balaban J connectivity index is 1.89. The Morgan fingerprint density at radius 2 is 1.24 bits per heavy atom. The van der Waals surface area contributed by atoms with E-state index in [1.807, 2.05) is 52.0 Å². The van der Waals surface area contributed by atoms with Crippen LogP contribution >= 0.6 is 0 Å². The summed E-state index contributed by atoms with van der Waals surface area (Å²) in [5.41, 5.74) is 7.00. The van der Waals surface area contributed by atoms with Gasteiger partial charge in [-0.05, 0) is 88.1 Å². The molecule has 172 valence electrons. The molecule has 0 N–H and O–H groups in total. The van der Waals surface area contributed by atoms with Gasteiger partial charge in [0.1, 0.15) is 36.0 Å². The third-order valence-corrected chi connectivity index (χ3v) is 5.48. The molecule has 0 fully saturated rings. The van der Waals surface area contributed by atoms with Crippen LogP contribution in [0, 0.1) is 27.7 Å². The second-order valence-electron chi connectivity index (χ2n) is 8.65. The average molecular weight is 448 g/mol. The molecule has 0 saturated heterocycles. The van der Waals surface area contributed by atoms with Crippen molar-refractivity contribution in [3.63, 3.8) is 0 Å². The third-order valence-electron chi connectivity index (χ3n) is 5.48. The average Bonchev–Trinajstić information content (AvgIpc) is 3.15. The zero-order chi connectivity index (χ0) is 24.4. The first-order valence-corrected chi connectivity index (χ1v) is 10.8. The number of carbonyl (C=O) groups is 2. The van der Waals surface area contributed by atoms with Gasteiger partial charge in [-0.15, -0.1) is 0 Å². The molecule has 0 amide bonds. The van der Waals surface area contributed by atoms with Crippen molar-refractivity contribution in [1.29, 1.82) is 0 Å². The Bertz CT molecular complexity index is 1160. The molecular formula is C27H31N2O4+. The van der Waals surface area contributed by atoms with Gasteiger partial charge < -0.3 is 9.47 Å². The molecule has 0 spiro atoms. The molecule has 0 aliphatic carbocycles. The van der Waals surface area contributed by atoms with Crippen LogP contribution in [0.25, 0.3) is 0 Å². The molecule has 2 aromatic carbocycles. The van der Waals surface area contributed by atoms with Crippen LogP contribution in [-0.2, 0) is 9.59 Å². The number of aryl methyl sites for hydroxylation is 4. The van der Waals surface area contributed by atoms with Crippen LogP contribution in [0.3, 0.4) is 0 Å². The van der Waals surface area contributed by atoms with Crippen molar-refractivity contribution in [2.75, 3.05) is 18.0 Å². The topological polar surface area (TPSA) is 58.9 Å². The van der Waals surface area contributed by atoms with Gasteiger partial charge in [-0.3, -0.25) is 0 Å². The van der Waals surface area contributed by atoms with Crippen LogP contribution in [-0.4, -0.2) is 35.9 Å². The van der Waals surface area contributed by atoms with E-state index < -0.39 is 11.9 Å². The Morgan fingerprint density at radius 3 is 1.67 bits per heavy atom. The van der Waals surface area contributed by atoms with E-state index in [2.05, 4.69) is 29.0 Å². The van der Waals surface area contributed by atoms with E-state index in [9.17, 15) is 9.59 Å². The van der Waals surface area contributed by atoms with Crippen molar-refractivity contribution >= 4 is 29.7 Å². The lowest BCUT2D eigenvalue weighted by molar-refractivity contribution is -0.425. The molecule has 33 heavy (non-hydrogen) atoms. The maximum Gasteiger partial charge on any atom is 0.338 e. The van der Waals surface area contributed by atoms with Crippen molar-refractivity contribution in [3.8, 4) is 11.5 Å². The SMILES string of the molecule is C=C(C)C(=O)Oc1cc(C)c(N2C=[N+](c3c(C)cc(OC(=O)C(=C)C)cc3C)CC2)c(C)c1. The summed E-state index contributed by atoms with van der Waals surface area (Å²) in [6.45, 7) is 20.2. The third kappa shape index (κ3) is 5.22. The van der Waals surface area contributed by atoms with E-state index in [1.54, 1.807) is 13.8 Å². The zero-order valence-electron chi connectivity index (χ0n) is 20.2. The summed E-state index contributed by atoms with van der Waals surface area (Å²) in [4.78, 5) is 26.0. The monoisotopic (exact) mass is 447 g/mol. The summed E-state index contributed by atoms with van der Waals surface area (Å²) >= 11 is 0. The highest BCUT2D eigenvalue weighted by Gasteiger charge is 2.28. The normalized spacial score (nSPS) is 12.9. The second-order valence-corrected chi connectivity index (χ2v) is 8.65. The van der Waals surface area contributed by atoms with Gasteiger partial charge in [0.15, 0.2) is 0 Å². The number of anilines is 1. The molecule has 2 aromatic rings. The highest BCUT2D eigenvalue weighted by atomic mass is 16.5. The smallest absolute Gasteiger partial charge is 0.338 e. The molecule has 0 unspecified atom stereocenters. The fraction of sp³-hybridized carbons (Fsp3) is 0.296. The first-order valence-electron chi connectivity index (χ1n) is 10.8. The van der Waals surface area contributed by atoms with Crippen LogP contribution in [0.15, 0.2) is 48.6 Å². The van der Waals surface area contributed by atoms with Crippen molar-refractivity contribution in [1.82, 2.24) is 0 Å². The summed E-state index contributed by atoms with van der Waals surface area (Å²) < 4.78 is 13.0. The van der Waals surface area contributed by atoms with Crippen molar-refractivity contribution in [2.24, 2.45) is 0 Å². The molecule has 0 bridgehead atoms. The molecule has 0 aromatic heterocycles. The standard InChI is InChI=1S/C27H31N2O4/c1-16(2)26(30)32-22-11-18(5)24(19(6)12-22)28-9-10-29(15-28)25-20(7)13-23(14-21(25)8)33-27(31)17(3)4/h11-15H,1,3,9-10H2,2,4-8H3/q+1. The predicted molar refractivity (Wildman–Crippen MR) is 131 cm³/mol. The molecule has 0 radical (unpaired) electrons. The molecular weight excluding hydrogens is 416 g/mol. The molecule has 6 nitrogen and oxygen atoms in total. The number of hydrogen-bond acceptors (Lipinski definition) is 5. The Kier molecular flexibility index (Phi) is 6.86. The van der Waals surface area contributed by atoms with Crippen LogP contribution in [0.2, 0.25) is 0 Å². The van der Waals surface area contributed by atoms with Gasteiger partial charge in [0.25, 0.3) is 0 Å². The fourth-order valence-corrected chi connectivity index (χ4v) is 4.08. The van der Waals surface area contributed by atoms with Gasteiger partial charge in [-0.1, -0.05) is 13.2 Å². The van der Waals surface area contributed by atoms with Gasteiger partial charge in [0, 0.05) is 11.1 Å². The lowest BCUT2D eigenvalue weighted by Crippen LogP contribution is -2.20. The maximum absolute atomic E-state index is 11.9. The van der Waals surface area contributed by atoms with Crippen LogP contribution in [0.4, 0.5) is 11.4 Å². The highest BCUT2D eigenvalue weighted by molar-refractivity contribution is 5.90. The number of hydrogen-bond donors (Lipinski definition) is 0. The van der Waals surface area contributed by atoms with Gasteiger partial charge in [-0.25, -0.2) is 19.1 Å². The number of rotatable bonds is 6. The second kappa shape index (κ2) is 9.45. The Labute approximate surface area is 195 Å². The van der Waals surface area contributed by atoms with Gasteiger partial charge in [0.2, 0.25) is 6.34 Å². The number of benzene rings is 2. The van der Waals surface area contributed by atoms with E-state index in [1.165, 1.54) is 0 Å². The fourth-order valence-electron chi connectivity index (χ4n) is 4.08. The summed E-state index contributed by atoms with van der Waals surface area (Å²) in [5, 5.41) is 0. The summed E-state index contributed by atoms with van der Waals surface area (Å²) in [6.07, 6.45) is 2.10. The van der Waals surface area contributed by atoms with Crippen LogP contribution < -0.4 is 14.4 Å². The number of ether oxygens (including phenoxy) is 2. The van der Waals surface area contributed by atoms with Crippen molar-refractivity contribution in [2.45, 2.75) is 41.5 Å². The predicted octanol–water partition coefficient (Wildman–Crippen LogP) is 5.08. The van der Waals surface area contributed by atoms with E-state index in [-0.39, 0.29) is 0 Å². The molecule has 0 saturated carbocycles. The minimum Gasteiger partial charge on any atom is -0.423 e.